The summed E-state index contributed by atoms with van der Waals surface area (Å²) in [6.45, 7) is 0. The molecular weight excluding hydrogens is 398 g/mol. The first-order valence-corrected chi connectivity index (χ1v) is 10.4. The minimum Gasteiger partial charge on any atom is -0.495 e. The van der Waals surface area contributed by atoms with Crippen molar-refractivity contribution in [2.75, 3.05) is 25.7 Å². The van der Waals surface area contributed by atoms with E-state index in [-0.39, 0.29) is 29.5 Å². The quantitative estimate of drug-likeness (QED) is 0.734. The molecule has 1 saturated carbocycles. The van der Waals surface area contributed by atoms with Crippen molar-refractivity contribution in [1.29, 1.82) is 0 Å². The molecule has 0 spiro atoms. The average Bonchev–Trinajstić information content (AvgIpc) is 3.31. The molecule has 2 aliphatic rings. The summed E-state index contributed by atoms with van der Waals surface area (Å²) in [4.78, 5) is 14.8. The van der Waals surface area contributed by atoms with Gasteiger partial charge in [-0.2, -0.15) is 0 Å². The molecule has 0 radical (unpaired) electrons. The van der Waals surface area contributed by atoms with Gasteiger partial charge >= 0.3 is 0 Å². The number of hydrogen-bond acceptors (Lipinski definition) is 5. The van der Waals surface area contributed by atoms with Gasteiger partial charge in [0.25, 0.3) is 5.91 Å². The minimum atomic E-state index is -3.05. The fourth-order valence-electron chi connectivity index (χ4n) is 3.12. The second-order valence-corrected chi connectivity index (χ2v) is 9.22. The van der Waals surface area contributed by atoms with Crippen molar-refractivity contribution in [2.45, 2.75) is 31.3 Å². The number of amides is 1. The number of halogens is 1. The summed E-state index contributed by atoms with van der Waals surface area (Å²) in [7, 11) is 0.00253. The van der Waals surface area contributed by atoms with Crippen LogP contribution in [0.3, 0.4) is 0 Å². The van der Waals surface area contributed by atoms with Crippen LogP contribution in [0.5, 0.6) is 11.5 Å². The highest BCUT2D eigenvalue weighted by atomic mass is 79.9. The Morgan fingerprint density at radius 3 is 2.12 bits per heavy atom. The van der Waals surface area contributed by atoms with E-state index in [1.807, 2.05) is 0 Å². The number of sulfone groups is 1. The van der Waals surface area contributed by atoms with Crippen LogP contribution >= 0.6 is 15.9 Å². The Morgan fingerprint density at radius 2 is 1.71 bits per heavy atom. The zero-order chi connectivity index (χ0) is 17.5. The summed E-state index contributed by atoms with van der Waals surface area (Å²) < 4.78 is 34.9. The van der Waals surface area contributed by atoms with Crippen molar-refractivity contribution < 1.29 is 22.7 Å². The van der Waals surface area contributed by atoms with Crippen molar-refractivity contribution in [3.05, 3.63) is 22.2 Å². The molecule has 1 saturated heterocycles. The molecule has 0 bridgehead atoms. The number of ether oxygens (including phenoxy) is 2. The average molecular weight is 418 g/mol. The summed E-state index contributed by atoms with van der Waals surface area (Å²) in [6, 6.07) is 3.22. The van der Waals surface area contributed by atoms with Crippen LogP contribution in [0.25, 0.3) is 0 Å². The highest BCUT2D eigenvalue weighted by Gasteiger charge is 2.42. The molecule has 1 unspecified atom stereocenters. The van der Waals surface area contributed by atoms with Gasteiger partial charge in [-0.25, -0.2) is 8.42 Å². The first-order chi connectivity index (χ1) is 11.4. The molecular formula is C16H20BrNO5S. The molecule has 1 aliphatic heterocycles. The molecule has 1 aromatic rings. The highest BCUT2D eigenvalue weighted by Crippen LogP contribution is 2.38. The van der Waals surface area contributed by atoms with Crippen LogP contribution in [-0.4, -0.2) is 57.0 Å². The normalized spacial score (nSPS) is 22.2. The van der Waals surface area contributed by atoms with Crippen LogP contribution in [0.2, 0.25) is 0 Å². The summed E-state index contributed by atoms with van der Waals surface area (Å²) in [5.41, 5.74) is 0.447. The van der Waals surface area contributed by atoms with E-state index < -0.39 is 9.84 Å². The fourth-order valence-corrected chi connectivity index (χ4v) is 5.38. The summed E-state index contributed by atoms with van der Waals surface area (Å²) >= 11 is 3.39. The van der Waals surface area contributed by atoms with Gasteiger partial charge in [0.05, 0.1) is 25.7 Å². The maximum absolute atomic E-state index is 13.1. The zero-order valence-electron chi connectivity index (χ0n) is 13.6. The van der Waals surface area contributed by atoms with Gasteiger partial charge in [0.1, 0.15) is 16.0 Å². The van der Waals surface area contributed by atoms with Crippen molar-refractivity contribution in [3.8, 4) is 11.5 Å². The van der Waals surface area contributed by atoms with E-state index in [1.165, 1.54) is 14.2 Å². The predicted octanol–water partition coefficient (Wildman–Crippen LogP) is 2.26. The second-order valence-electron chi connectivity index (χ2n) is 6.20. The third-order valence-electron chi connectivity index (χ3n) is 4.47. The van der Waals surface area contributed by atoms with Gasteiger partial charge < -0.3 is 14.4 Å². The molecule has 1 aromatic carbocycles. The lowest BCUT2D eigenvalue weighted by molar-refractivity contribution is 0.0680. The number of rotatable bonds is 5. The predicted molar refractivity (Wildman–Crippen MR) is 93.5 cm³/mol. The van der Waals surface area contributed by atoms with Gasteiger partial charge in [0, 0.05) is 17.6 Å². The van der Waals surface area contributed by atoms with Crippen molar-refractivity contribution in [2.24, 2.45) is 0 Å². The number of hydrogen-bond donors (Lipinski definition) is 0. The fraction of sp³-hybridized carbons (Fsp3) is 0.562. The Balaban J connectivity index is 1.94. The van der Waals surface area contributed by atoms with E-state index in [1.54, 1.807) is 17.0 Å². The van der Waals surface area contributed by atoms with Crippen LogP contribution in [0.15, 0.2) is 16.6 Å². The lowest BCUT2D eigenvalue weighted by Crippen LogP contribution is -2.42. The summed E-state index contributed by atoms with van der Waals surface area (Å²) in [5.74, 6) is 1.06. The smallest absolute Gasteiger partial charge is 0.254 e. The van der Waals surface area contributed by atoms with Crippen molar-refractivity contribution in [1.82, 2.24) is 4.90 Å². The lowest BCUT2D eigenvalue weighted by Gasteiger charge is -2.28. The summed E-state index contributed by atoms with van der Waals surface area (Å²) in [5, 5.41) is 0. The van der Waals surface area contributed by atoms with Crippen LogP contribution in [0, 0.1) is 0 Å². The number of carbonyl (C=O) groups excluding carboxylic acids is 1. The third kappa shape index (κ3) is 3.39. The Bertz CT molecular complexity index is 735. The van der Waals surface area contributed by atoms with Gasteiger partial charge in [-0.3, -0.25) is 4.79 Å². The molecule has 0 N–H and O–H groups in total. The van der Waals surface area contributed by atoms with E-state index in [9.17, 15) is 13.2 Å². The molecule has 24 heavy (non-hydrogen) atoms. The van der Waals surface area contributed by atoms with Gasteiger partial charge in [-0.1, -0.05) is 0 Å². The van der Waals surface area contributed by atoms with Crippen LogP contribution < -0.4 is 9.47 Å². The highest BCUT2D eigenvalue weighted by molar-refractivity contribution is 9.10. The van der Waals surface area contributed by atoms with E-state index in [0.29, 0.717) is 28.0 Å². The molecule has 8 heteroatoms. The van der Waals surface area contributed by atoms with Gasteiger partial charge in [-0.05, 0) is 47.3 Å². The van der Waals surface area contributed by atoms with Gasteiger partial charge in [-0.15, -0.1) is 0 Å². The molecule has 2 fully saturated rings. The van der Waals surface area contributed by atoms with Crippen LogP contribution in [0.1, 0.15) is 29.6 Å². The lowest BCUT2D eigenvalue weighted by atomic mass is 10.1. The molecule has 3 rings (SSSR count). The third-order valence-corrected chi connectivity index (χ3v) is 7.00. The Labute approximate surface area is 150 Å². The van der Waals surface area contributed by atoms with Gasteiger partial charge in [0.15, 0.2) is 9.84 Å². The standard InChI is InChI=1S/C16H20BrNO5S/c1-22-13-7-10(8-14(23-2)15(13)17)16(19)18(11-3-4-11)12-5-6-24(20,21)9-12/h7-8,11-12H,3-6,9H2,1-2H3. The zero-order valence-corrected chi connectivity index (χ0v) is 16.0. The van der Waals surface area contributed by atoms with Gasteiger partial charge in [0.2, 0.25) is 0 Å². The molecule has 0 aromatic heterocycles. The largest absolute Gasteiger partial charge is 0.495 e. The van der Waals surface area contributed by atoms with Crippen LogP contribution in [-0.2, 0) is 9.84 Å². The Kier molecular flexibility index (Phi) is 4.79. The monoisotopic (exact) mass is 417 g/mol. The first kappa shape index (κ1) is 17.5. The maximum atomic E-state index is 13.1. The van der Waals surface area contributed by atoms with E-state index in [4.69, 9.17) is 9.47 Å². The minimum absolute atomic E-state index is 0.0556. The van der Waals surface area contributed by atoms with Crippen molar-refractivity contribution >= 4 is 31.7 Å². The molecule has 1 amide bonds. The molecule has 132 valence electrons. The Morgan fingerprint density at radius 1 is 1.12 bits per heavy atom. The number of methoxy groups -OCH3 is 2. The molecule has 1 heterocycles. The first-order valence-electron chi connectivity index (χ1n) is 7.81. The van der Waals surface area contributed by atoms with E-state index in [2.05, 4.69) is 15.9 Å². The van der Waals surface area contributed by atoms with E-state index >= 15 is 0 Å². The SMILES string of the molecule is COc1cc(C(=O)N(C2CC2)C2CCS(=O)(=O)C2)cc(OC)c1Br. The van der Waals surface area contributed by atoms with Crippen molar-refractivity contribution in [3.63, 3.8) is 0 Å². The number of carbonyl (C=O) groups is 1. The summed E-state index contributed by atoms with van der Waals surface area (Å²) in [6.07, 6.45) is 2.36. The molecule has 1 aliphatic carbocycles. The molecule has 6 nitrogen and oxygen atoms in total. The van der Waals surface area contributed by atoms with E-state index in [0.717, 1.165) is 12.8 Å². The number of benzene rings is 1. The molecule has 1 atom stereocenters. The number of nitrogens with zero attached hydrogens (tertiary/aromatic N) is 1. The second kappa shape index (κ2) is 6.55. The Hall–Kier alpha value is -1.28. The maximum Gasteiger partial charge on any atom is 0.254 e. The topological polar surface area (TPSA) is 72.9 Å². The van der Waals surface area contributed by atoms with Crippen LogP contribution in [0.4, 0.5) is 0 Å².